The number of halogens is 1. The van der Waals surface area contributed by atoms with Crippen LogP contribution in [0.3, 0.4) is 0 Å². The van der Waals surface area contributed by atoms with Crippen LogP contribution in [0.4, 0.5) is 11.4 Å². The van der Waals surface area contributed by atoms with Crippen LogP contribution in [0.5, 0.6) is 5.75 Å². The van der Waals surface area contributed by atoms with Crippen LogP contribution in [-0.2, 0) is 14.8 Å². The molecule has 0 aromatic heterocycles. The molecule has 3 aromatic rings. The lowest BCUT2D eigenvalue weighted by atomic mass is 10.1. The van der Waals surface area contributed by atoms with Crippen molar-refractivity contribution in [1.82, 2.24) is 0 Å². The fraction of sp³-hybridized carbons (Fsp3) is 0.208. The van der Waals surface area contributed by atoms with E-state index in [0.717, 1.165) is 16.7 Å². The number of amides is 1. The lowest BCUT2D eigenvalue weighted by Gasteiger charge is -2.35. The quantitative estimate of drug-likeness (QED) is 0.590. The standard InChI is InChI=1S/C24H23ClN2O4S/c1-15-4-9-19(10-5-15)32(29,30)27-14-23(31-22-12-16(2)6-11-21(22)27)24(28)26-20-13-18(25)8-7-17(20)3/h4-13,23H,14H2,1-3H3,(H,26,28)/t23-/m1/s1. The van der Waals surface area contributed by atoms with Gasteiger partial charge in [0.25, 0.3) is 15.9 Å². The Kier molecular flexibility index (Phi) is 5.88. The molecule has 3 aromatic carbocycles. The van der Waals surface area contributed by atoms with Gasteiger partial charge in [0, 0.05) is 10.7 Å². The lowest BCUT2D eigenvalue weighted by Crippen LogP contribution is -2.48. The van der Waals surface area contributed by atoms with Crippen molar-refractivity contribution in [3.05, 3.63) is 82.4 Å². The average Bonchev–Trinajstić information content (AvgIpc) is 2.75. The molecule has 8 heteroatoms. The minimum Gasteiger partial charge on any atom is -0.476 e. The van der Waals surface area contributed by atoms with Gasteiger partial charge < -0.3 is 10.1 Å². The molecular weight excluding hydrogens is 448 g/mol. The highest BCUT2D eigenvalue weighted by Crippen LogP contribution is 2.38. The van der Waals surface area contributed by atoms with E-state index in [9.17, 15) is 13.2 Å². The molecule has 1 amide bonds. The average molecular weight is 471 g/mol. The van der Waals surface area contributed by atoms with Gasteiger partial charge in [-0.15, -0.1) is 0 Å². The van der Waals surface area contributed by atoms with E-state index < -0.39 is 22.0 Å². The van der Waals surface area contributed by atoms with Gasteiger partial charge >= 0.3 is 0 Å². The van der Waals surface area contributed by atoms with E-state index in [2.05, 4.69) is 5.32 Å². The highest BCUT2D eigenvalue weighted by atomic mass is 35.5. The minimum absolute atomic E-state index is 0.154. The molecule has 0 radical (unpaired) electrons. The molecule has 0 aliphatic carbocycles. The first kappa shape index (κ1) is 22.2. The van der Waals surface area contributed by atoms with Gasteiger partial charge in [-0.2, -0.15) is 0 Å². The van der Waals surface area contributed by atoms with Crippen molar-refractivity contribution in [2.24, 2.45) is 0 Å². The van der Waals surface area contributed by atoms with Crippen LogP contribution in [0.25, 0.3) is 0 Å². The molecular formula is C24H23ClN2O4S. The number of ether oxygens (including phenoxy) is 1. The fourth-order valence-corrected chi connectivity index (χ4v) is 5.15. The van der Waals surface area contributed by atoms with Gasteiger partial charge in [-0.3, -0.25) is 9.10 Å². The van der Waals surface area contributed by atoms with E-state index in [1.807, 2.05) is 26.8 Å². The number of rotatable bonds is 4. The summed E-state index contributed by atoms with van der Waals surface area (Å²) in [7, 11) is -3.91. The summed E-state index contributed by atoms with van der Waals surface area (Å²) in [5.41, 5.74) is 3.63. The van der Waals surface area contributed by atoms with E-state index in [-0.39, 0.29) is 11.4 Å². The number of aryl methyl sites for hydroxylation is 3. The van der Waals surface area contributed by atoms with Crippen LogP contribution in [0, 0.1) is 20.8 Å². The maximum atomic E-state index is 13.5. The molecule has 0 bridgehead atoms. The SMILES string of the molecule is Cc1ccc(S(=O)(=O)N2C[C@H](C(=O)Nc3cc(Cl)ccc3C)Oc3cc(C)ccc32)cc1. The minimum atomic E-state index is -3.91. The van der Waals surface area contributed by atoms with Crippen molar-refractivity contribution < 1.29 is 17.9 Å². The summed E-state index contributed by atoms with van der Waals surface area (Å²) in [6, 6.07) is 17.1. The first-order chi connectivity index (χ1) is 15.1. The molecule has 0 spiro atoms. The van der Waals surface area contributed by atoms with Crippen molar-refractivity contribution in [3.8, 4) is 5.75 Å². The Morgan fingerprint density at radius 2 is 1.69 bits per heavy atom. The van der Waals surface area contributed by atoms with Gasteiger partial charge in [0.2, 0.25) is 0 Å². The summed E-state index contributed by atoms with van der Waals surface area (Å²) >= 11 is 6.06. The van der Waals surface area contributed by atoms with Crippen molar-refractivity contribution in [2.75, 3.05) is 16.2 Å². The monoisotopic (exact) mass is 470 g/mol. The summed E-state index contributed by atoms with van der Waals surface area (Å²) in [6.07, 6.45) is -1.04. The predicted octanol–water partition coefficient (Wildman–Crippen LogP) is 4.86. The zero-order chi connectivity index (χ0) is 23.0. The topological polar surface area (TPSA) is 75.7 Å². The Labute approximate surface area is 192 Å². The van der Waals surface area contributed by atoms with Crippen molar-refractivity contribution in [2.45, 2.75) is 31.8 Å². The maximum absolute atomic E-state index is 13.5. The number of fused-ring (bicyclic) bond motifs is 1. The van der Waals surface area contributed by atoms with Crippen LogP contribution in [0.2, 0.25) is 5.02 Å². The molecule has 0 fully saturated rings. The van der Waals surface area contributed by atoms with Gasteiger partial charge in [0.1, 0.15) is 5.75 Å². The Bertz CT molecular complexity index is 1290. The van der Waals surface area contributed by atoms with Crippen LogP contribution in [-0.4, -0.2) is 27.0 Å². The number of carbonyl (C=O) groups is 1. The van der Waals surface area contributed by atoms with Gasteiger partial charge in [0.05, 0.1) is 17.1 Å². The van der Waals surface area contributed by atoms with Crippen molar-refractivity contribution >= 4 is 38.9 Å². The third-order valence-corrected chi connectivity index (χ3v) is 7.37. The van der Waals surface area contributed by atoms with Crippen LogP contribution >= 0.6 is 11.6 Å². The molecule has 1 atom stereocenters. The third-order valence-electron chi connectivity index (χ3n) is 5.34. The summed E-state index contributed by atoms with van der Waals surface area (Å²) in [6.45, 7) is 5.46. The molecule has 1 aliphatic heterocycles. The lowest BCUT2D eigenvalue weighted by molar-refractivity contribution is -0.122. The van der Waals surface area contributed by atoms with Crippen LogP contribution < -0.4 is 14.4 Å². The smallest absolute Gasteiger partial charge is 0.267 e. The predicted molar refractivity (Wildman–Crippen MR) is 126 cm³/mol. The fourth-order valence-electron chi connectivity index (χ4n) is 3.50. The molecule has 166 valence electrons. The van der Waals surface area contributed by atoms with E-state index >= 15 is 0 Å². The zero-order valence-electron chi connectivity index (χ0n) is 17.9. The number of sulfonamides is 1. The largest absolute Gasteiger partial charge is 0.476 e. The van der Waals surface area contributed by atoms with E-state index in [1.54, 1.807) is 54.6 Å². The second-order valence-corrected chi connectivity index (χ2v) is 10.2. The van der Waals surface area contributed by atoms with E-state index in [4.69, 9.17) is 16.3 Å². The summed E-state index contributed by atoms with van der Waals surface area (Å²) < 4.78 is 34.2. The first-order valence-corrected chi connectivity index (χ1v) is 11.9. The first-order valence-electron chi connectivity index (χ1n) is 10.1. The van der Waals surface area contributed by atoms with Gasteiger partial charge in [-0.1, -0.05) is 41.4 Å². The molecule has 0 unspecified atom stereocenters. The Balaban J connectivity index is 1.70. The maximum Gasteiger partial charge on any atom is 0.267 e. The number of anilines is 2. The molecule has 1 heterocycles. The van der Waals surface area contributed by atoms with Crippen LogP contribution in [0.15, 0.2) is 65.6 Å². The molecule has 0 saturated heterocycles. The molecule has 1 N–H and O–H groups in total. The van der Waals surface area contributed by atoms with Gasteiger partial charge in [-0.05, 0) is 68.3 Å². The Hall–Kier alpha value is -3.03. The molecule has 4 rings (SSSR count). The number of carbonyl (C=O) groups excluding carboxylic acids is 1. The number of nitrogens with one attached hydrogen (secondary N) is 1. The number of benzene rings is 3. The molecule has 0 saturated carbocycles. The number of nitrogens with zero attached hydrogens (tertiary/aromatic N) is 1. The highest BCUT2D eigenvalue weighted by molar-refractivity contribution is 7.92. The van der Waals surface area contributed by atoms with Gasteiger partial charge in [-0.25, -0.2) is 8.42 Å². The summed E-state index contributed by atoms with van der Waals surface area (Å²) in [5, 5.41) is 3.30. The van der Waals surface area contributed by atoms with E-state index in [1.165, 1.54) is 4.31 Å². The van der Waals surface area contributed by atoms with Crippen LogP contribution in [0.1, 0.15) is 16.7 Å². The second-order valence-electron chi connectivity index (χ2n) is 7.88. The second kappa shape index (κ2) is 8.48. The summed E-state index contributed by atoms with van der Waals surface area (Å²) in [5.74, 6) is -0.110. The number of hydrogen-bond donors (Lipinski definition) is 1. The highest BCUT2D eigenvalue weighted by Gasteiger charge is 2.37. The Morgan fingerprint density at radius 3 is 2.41 bits per heavy atom. The van der Waals surface area contributed by atoms with Crippen molar-refractivity contribution in [3.63, 3.8) is 0 Å². The normalized spacial score (nSPS) is 15.6. The molecule has 6 nitrogen and oxygen atoms in total. The molecule has 1 aliphatic rings. The number of hydrogen-bond acceptors (Lipinski definition) is 4. The zero-order valence-corrected chi connectivity index (χ0v) is 19.5. The Morgan fingerprint density at radius 1 is 1.00 bits per heavy atom. The van der Waals surface area contributed by atoms with E-state index in [0.29, 0.717) is 22.1 Å². The van der Waals surface area contributed by atoms with Gasteiger partial charge in [0.15, 0.2) is 6.10 Å². The molecule has 32 heavy (non-hydrogen) atoms. The third kappa shape index (κ3) is 4.31. The van der Waals surface area contributed by atoms with Crippen molar-refractivity contribution in [1.29, 1.82) is 0 Å². The summed E-state index contributed by atoms with van der Waals surface area (Å²) in [4.78, 5) is 13.2.